The van der Waals surface area contributed by atoms with Gasteiger partial charge in [-0.2, -0.15) is 0 Å². The fraction of sp³-hybridized carbons (Fsp3) is 0.333. The number of carbonyl (C=O) groups is 2. The Morgan fingerprint density at radius 3 is 2.19 bits per heavy atom. The highest BCUT2D eigenvalue weighted by Crippen LogP contribution is 2.20. The highest BCUT2D eigenvalue weighted by Gasteiger charge is 2.22. The van der Waals surface area contributed by atoms with E-state index in [-0.39, 0.29) is 24.7 Å². The molecule has 144 valence electrons. The van der Waals surface area contributed by atoms with Crippen LogP contribution in [-0.4, -0.2) is 18.1 Å². The van der Waals surface area contributed by atoms with Crippen LogP contribution in [0, 0.1) is 5.41 Å². The van der Waals surface area contributed by atoms with Gasteiger partial charge in [-0.3, -0.25) is 4.79 Å². The lowest BCUT2D eigenvalue weighted by Gasteiger charge is -2.16. The van der Waals surface area contributed by atoms with E-state index in [9.17, 15) is 9.59 Å². The molecule has 6 heteroatoms. The molecule has 2 rings (SSSR count). The van der Waals surface area contributed by atoms with Crippen molar-refractivity contribution >= 4 is 23.0 Å². The molecule has 0 N–H and O–H groups in total. The van der Waals surface area contributed by atoms with Gasteiger partial charge in [-0.05, 0) is 55.8 Å². The van der Waals surface area contributed by atoms with Gasteiger partial charge in [0.25, 0.3) is 0 Å². The maximum absolute atomic E-state index is 11.8. The summed E-state index contributed by atoms with van der Waals surface area (Å²) >= 11 is 1.11. The first-order valence-corrected chi connectivity index (χ1v) is 9.55. The number of esters is 1. The molecule has 0 aliphatic heterocycles. The Morgan fingerprint density at radius 1 is 0.889 bits per heavy atom. The monoisotopic (exact) mass is 388 g/mol. The van der Waals surface area contributed by atoms with Crippen LogP contribution in [0.1, 0.15) is 31.9 Å². The highest BCUT2D eigenvalue weighted by molar-refractivity contribution is 8.12. The molecule has 27 heavy (non-hydrogen) atoms. The van der Waals surface area contributed by atoms with E-state index in [0.717, 1.165) is 22.9 Å². The summed E-state index contributed by atoms with van der Waals surface area (Å²) in [6, 6.07) is 16.8. The number of carbonyl (C=O) groups excluding carboxylic acids is 2. The summed E-state index contributed by atoms with van der Waals surface area (Å²) in [5.74, 6) is 0.786. The number of benzene rings is 2. The van der Waals surface area contributed by atoms with Crippen LogP contribution < -0.4 is 4.74 Å². The van der Waals surface area contributed by atoms with Crippen molar-refractivity contribution in [2.75, 3.05) is 6.79 Å². The second-order valence-corrected chi connectivity index (χ2v) is 7.81. The Bertz CT molecular complexity index is 735. The predicted molar refractivity (Wildman–Crippen MR) is 105 cm³/mol. The average Bonchev–Trinajstić information content (AvgIpc) is 2.65. The molecular weight excluding hydrogens is 364 g/mol. The van der Waals surface area contributed by atoms with E-state index in [0.29, 0.717) is 11.5 Å². The van der Waals surface area contributed by atoms with E-state index in [1.54, 1.807) is 32.9 Å². The van der Waals surface area contributed by atoms with Crippen molar-refractivity contribution in [2.24, 2.45) is 5.41 Å². The molecule has 0 aromatic heterocycles. The second kappa shape index (κ2) is 10.0. The Morgan fingerprint density at radius 2 is 1.56 bits per heavy atom. The molecule has 0 aliphatic rings. The molecule has 2 aromatic carbocycles. The second-order valence-electron chi connectivity index (χ2n) is 6.90. The van der Waals surface area contributed by atoms with Crippen LogP contribution in [0.15, 0.2) is 54.6 Å². The van der Waals surface area contributed by atoms with Gasteiger partial charge in [-0.25, -0.2) is 4.79 Å². The maximum Gasteiger partial charge on any atom is 0.367 e. The normalized spacial score (nSPS) is 10.9. The van der Waals surface area contributed by atoms with Crippen molar-refractivity contribution in [3.63, 3.8) is 0 Å². The number of ether oxygens (including phenoxy) is 3. The largest absolute Gasteiger partial charge is 0.457 e. The summed E-state index contributed by atoms with van der Waals surface area (Å²) in [6.07, 6.45) is 0. The van der Waals surface area contributed by atoms with E-state index in [4.69, 9.17) is 14.2 Å². The van der Waals surface area contributed by atoms with Gasteiger partial charge in [0.05, 0.1) is 5.41 Å². The summed E-state index contributed by atoms with van der Waals surface area (Å²) in [4.78, 5) is 23.5. The Hall–Kier alpha value is -2.47. The van der Waals surface area contributed by atoms with Gasteiger partial charge in [-0.1, -0.05) is 42.5 Å². The van der Waals surface area contributed by atoms with Crippen LogP contribution in [0.5, 0.6) is 5.75 Å². The van der Waals surface area contributed by atoms with Gasteiger partial charge in [0.15, 0.2) is 0 Å². The highest BCUT2D eigenvalue weighted by atomic mass is 32.2. The predicted octanol–water partition coefficient (Wildman–Crippen LogP) is 5.18. The average molecular weight is 388 g/mol. The zero-order valence-corrected chi connectivity index (χ0v) is 16.6. The van der Waals surface area contributed by atoms with Gasteiger partial charge in [-0.15, -0.1) is 0 Å². The molecule has 0 fully saturated rings. The minimum atomic E-state index is -0.556. The summed E-state index contributed by atoms with van der Waals surface area (Å²) in [7, 11) is 0. The molecule has 0 aliphatic carbocycles. The summed E-state index contributed by atoms with van der Waals surface area (Å²) < 4.78 is 15.7. The van der Waals surface area contributed by atoms with E-state index in [1.165, 1.54) is 0 Å². The lowest BCUT2D eigenvalue weighted by Crippen LogP contribution is -2.24. The Balaban J connectivity index is 1.69. The summed E-state index contributed by atoms with van der Waals surface area (Å²) in [6.45, 7) is 5.49. The van der Waals surface area contributed by atoms with Crippen LogP contribution in [-0.2, 0) is 26.6 Å². The number of thioether (sulfide) groups is 1. The first-order valence-electron chi connectivity index (χ1n) is 8.57. The van der Waals surface area contributed by atoms with Crippen LogP contribution in [0.2, 0.25) is 0 Å². The molecule has 0 atom stereocenters. The number of rotatable bonds is 7. The lowest BCUT2D eigenvalue weighted by atomic mass is 9.98. The van der Waals surface area contributed by atoms with Crippen LogP contribution in [0.3, 0.4) is 0 Å². The van der Waals surface area contributed by atoms with E-state index in [2.05, 4.69) is 0 Å². The fourth-order valence-electron chi connectivity index (χ4n) is 1.95. The number of hydrogen-bond donors (Lipinski definition) is 0. The zero-order chi connectivity index (χ0) is 19.7. The molecule has 0 heterocycles. The molecular formula is C21H24O5S. The minimum absolute atomic E-state index is 0.129. The SMILES string of the molecule is CC(C)(C)C(=O)OCOc1ccc(CSC(=O)OCc2ccccc2)cc1. The van der Waals surface area contributed by atoms with Gasteiger partial charge < -0.3 is 14.2 Å². The van der Waals surface area contributed by atoms with Gasteiger partial charge >= 0.3 is 11.3 Å². The lowest BCUT2D eigenvalue weighted by molar-refractivity contribution is -0.159. The molecule has 0 amide bonds. The van der Waals surface area contributed by atoms with Gasteiger partial charge in [0, 0.05) is 5.75 Å². The third-order valence-corrected chi connectivity index (χ3v) is 4.34. The third-order valence-electron chi connectivity index (χ3n) is 3.51. The number of hydrogen-bond acceptors (Lipinski definition) is 6. The molecule has 0 saturated carbocycles. The standard InChI is InChI=1S/C21H24O5S/c1-21(2,3)19(22)26-15-25-18-11-9-17(10-12-18)14-27-20(23)24-13-16-7-5-4-6-8-16/h4-12H,13-15H2,1-3H3. The van der Waals surface area contributed by atoms with Crippen molar-refractivity contribution in [1.29, 1.82) is 0 Å². The molecule has 0 spiro atoms. The van der Waals surface area contributed by atoms with Crippen LogP contribution in [0.4, 0.5) is 4.79 Å². The van der Waals surface area contributed by atoms with Crippen molar-refractivity contribution in [3.05, 3.63) is 65.7 Å². The Kier molecular flexibility index (Phi) is 7.73. The fourth-order valence-corrected chi connectivity index (χ4v) is 2.57. The van der Waals surface area contributed by atoms with Crippen molar-refractivity contribution in [1.82, 2.24) is 0 Å². The quantitative estimate of drug-likeness (QED) is 0.481. The Labute approximate surface area is 164 Å². The molecule has 5 nitrogen and oxygen atoms in total. The third kappa shape index (κ3) is 7.74. The van der Waals surface area contributed by atoms with Crippen LogP contribution >= 0.6 is 11.8 Å². The topological polar surface area (TPSA) is 61.8 Å². The van der Waals surface area contributed by atoms with Crippen molar-refractivity contribution < 1.29 is 23.8 Å². The molecule has 0 saturated heterocycles. The molecule has 0 radical (unpaired) electrons. The zero-order valence-electron chi connectivity index (χ0n) is 15.8. The maximum atomic E-state index is 11.8. The summed E-state index contributed by atoms with van der Waals surface area (Å²) in [5.41, 5.74) is 1.37. The summed E-state index contributed by atoms with van der Waals surface area (Å²) in [5, 5.41) is -0.312. The van der Waals surface area contributed by atoms with E-state index < -0.39 is 5.41 Å². The first kappa shape index (κ1) is 20.8. The first-order chi connectivity index (χ1) is 12.8. The van der Waals surface area contributed by atoms with Crippen molar-refractivity contribution in [2.45, 2.75) is 33.1 Å². The van der Waals surface area contributed by atoms with E-state index >= 15 is 0 Å². The minimum Gasteiger partial charge on any atom is -0.457 e. The van der Waals surface area contributed by atoms with E-state index in [1.807, 2.05) is 42.5 Å². The molecule has 0 unspecified atom stereocenters. The van der Waals surface area contributed by atoms with Crippen LogP contribution in [0.25, 0.3) is 0 Å². The smallest absolute Gasteiger partial charge is 0.367 e. The molecule has 0 bridgehead atoms. The van der Waals surface area contributed by atoms with Gasteiger partial charge in [0.2, 0.25) is 6.79 Å². The molecule has 2 aromatic rings. The van der Waals surface area contributed by atoms with Gasteiger partial charge in [0.1, 0.15) is 12.4 Å². The van der Waals surface area contributed by atoms with Crippen molar-refractivity contribution in [3.8, 4) is 5.75 Å².